The maximum atomic E-state index is 12.3. The van der Waals surface area contributed by atoms with Gasteiger partial charge in [0.05, 0.1) is 32.8 Å². The summed E-state index contributed by atoms with van der Waals surface area (Å²) in [7, 11) is 0. The molecule has 270 valence electrons. The highest BCUT2D eigenvalue weighted by Gasteiger charge is 2.67. The predicted molar refractivity (Wildman–Crippen MR) is 189 cm³/mol. The number of carbonyl (C=O) groups is 2. The summed E-state index contributed by atoms with van der Waals surface area (Å²) in [5.74, 6) is -0.873. The van der Waals surface area contributed by atoms with Crippen LogP contribution in [-0.2, 0) is 57.8 Å². The molecule has 14 heteroatoms. The predicted octanol–water partition coefficient (Wildman–Crippen LogP) is 5.42. The number of halogens is 1. The van der Waals surface area contributed by atoms with Crippen molar-refractivity contribution in [3.8, 4) is 0 Å². The summed E-state index contributed by atoms with van der Waals surface area (Å²) < 4.78 is 41.4. The molecule has 2 saturated heterocycles. The zero-order chi connectivity index (χ0) is 36.1. The van der Waals surface area contributed by atoms with Crippen molar-refractivity contribution >= 4 is 40.6 Å². The fraction of sp³-hybridized carbons (Fsp3) is 0.342. The monoisotopic (exact) mass is 727 g/mol. The average Bonchev–Trinajstić information content (AvgIpc) is 3.75. The molecule has 4 heterocycles. The van der Waals surface area contributed by atoms with Crippen LogP contribution in [0.1, 0.15) is 36.8 Å². The third-order valence-electron chi connectivity index (χ3n) is 9.02. The van der Waals surface area contributed by atoms with E-state index in [1.807, 2.05) is 91.0 Å². The summed E-state index contributed by atoms with van der Waals surface area (Å²) in [5, 5.41) is 2.62. The summed E-state index contributed by atoms with van der Waals surface area (Å²) in [6, 6.07) is 29.3. The Morgan fingerprint density at radius 2 is 1.50 bits per heavy atom. The molecule has 7 rings (SSSR count). The number of carbonyl (C=O) groups excluding carboxylic acids is 2. The highest BCUT2D eigenvalue weighted by Crippen LogP contribution is 2.49. The van der Waals surface area contributed by atoms with E-state index in [1.165, 1.54) is 20.2 Å². The van der Waals surface area contributed by atoms with Crippen molar-refractivity contribution in [3.63, 3.8) is 0 Å². The molecule has 2 fully saturated rings. The van der Waals surface area contributed by atoms with E-state index in [1.54, 1.807) is 4.57 Å². The summed E-state index contributed by atoms with van der Waals surface area (Å²) in [6.45, 7) is 3.27. The van der Waals surface area contributed by atoms with Crippen LogP contribution in [0, 0.1) is 0 Å². The van der Waals surface area contributed by atoms with Crippen LogP contribution in [-0.4, -0.2) is 74.6 Å². The van der Waals surface area contributed by atoms with Gasteiger partial charge in [0.25, 0.3) is 0 Å². The first-order valence-corrected chi connectivity index (χ1v) is 17.3. The summed E-state index contributed by atoms with van der Waals surface area (Å²) in [4.78, 5) is 37.5. The van der Waals surface area contributed by atoms with Crippen LogP contribution in [0.4, 0.5) is 5.95 Å². The van der Waals surface area contributed by atoms with Gasteiger partial charge < -0.3 is 28.4 Å². The van der Waals surface area contributed by atoms with Gasteiger partial charge in [-0.25, -0.2) is 4.98 Å². The fourth-order valence-corrected chi connectivity index (χ4v) is 6.92. The normalized spacial score (nSPS) is 24.0. The van der Waals surface area contributed by atoms with Crippen LogP contribution < -0.4 is 5.32 Å². The minimum Gasteiger partial charge on any atom is -0.463 e. The number of amides is 1. The van der Waals surface area contributed by atoms with Crippen molar-refractivity contribution in [1.29, 1.82) is 0 Å². The average molecular weight is 728 g/mol. The van der Waals surface area contributed by atoms with Gasteiger partial charge in [-0.2, -0.15) is 9.97 Å². The van der Waals surface area contributed by atoms with Gasteiger partial charge in [0.2, 0.25) is 11.9 Å². The molecule has 0 unspecified atom stereocenters. The number of rotatable bonds is 13. The molecular formula is C38H38ClN5O8. The summed E-state index contributed by atoms with van der Waals surface area (Å²) in [6.07, 6.45) is -2.77. The van der Waals surface area contributed by atoms with E-state index in [-0.39, 0.29) is 61.2 Å². The van der Waals surface area contributed by atoms with E-state index in [2.05, 4.69) is 20.3 Å². The number of hydrogen-bond acceptors (Lipinski definition) is 11. The maximum absolute atomic E-state index is 12.3. The quantitative estimate of drug-likeness (QED) is 0.123. The Morgan fingerprint density at radius 3 is 2.12 bits per heavy atom. The molecule has 3 aromatic carbocycles. The van der Waals surface area contributed by atoms with Crippen molar-refractivity contribution in [2.24, 2.45) is 0 Å². The first-order valence-electron chi connectivity index (χ1n) is 16.9. The largest absolute Gasteiger partial charge is 0.463 e. The lowest BCUT2D eigenvalue weighted by atomic mass is 9.80. The number of nitrogens with one attached hydrogen (secondary N) is 1. The number of anilines is 1. The molecule has 0 radical (unpaired) electrons. The van der Waals surface area contributed by atoms with Crippen LogP contribution in [0.15, 0.2) is 97.3 Å². The number of aromatic nitrogens is 4. The number of fused-ring (bicyclic) bond motifs is 2. The first-order chi connectivity index (χ1) is 25.3. The third kappa shape index (κ3) is 7.56. The number of nitrogens with zero attached hydrogens (tertiary/aromatic N) is 4. The smallest absolute Gasteiger partial charge is 0.302 e. The topological polar surface area (TPSA) is 145 Å². The van der Waals surface area contributed by atoms with Gasteiger partial charge in [-0.05, 0) is 16.7 Å². The third-order valence-corrected chi connectivity index (χ3v) is 9.28. The molecule has 0 spiro atoms. The van der Waals surface area contributed by atoms with Crippen LogP contribution in [0.5, 0.6) is 0 Å². The van der Waals surface area contributed by atoms with Gasteiger partial charge in [-0.15, -0.1) is 0 Å². The molecule has 0 saturated carbocycles. The molecule has 13 nitrogen and oxygen atoms in total. The zero-order valence-corrected chi connectivity index (χ0v) is 29.3. The minimum absolute atomic E-state index is 0.00824. The van der Waals surface area contributed by atoms with Crippen molar-refractivity contribution in [2.45, 2.75) is 69.9 Å². The lowest BCUT2D eigenvalue weighted by Gasteiger charge is -2.52. The van der Waals surface area contributed by atoms with Crippen LogP contribution in [0.25, 0.3) is 11.2 Å². The molecule has 2 aliphatic heterocycles. The van der Waals surface area contributed by atoms with Crippen molar-refractivity contribution in [3.05, 3.63) is 119 Å². The number of benzene rings is 3. The highest BCUT2D eigenvalue weighted by molar-refractivity contribution is 6.33. The van der Waals surface area contributed by atoms with Crippen molar-refractivity contribution in [1.82, 2.24) is 19.5 Å². The van der Waals surface area contributed by atoms with E-state index in [4.69, 9.17) is 40.0 Å². The molecule has 2 aliphatic rings. The van der Waals surface area contributed by atoms with E-state index >= 15 is 0 Å². The molecule has 6 atom stereocenters. The molecule has 0 bridgehead atoms. The Kier molecular flexibility index (Phi) is 10.9. The van der Waals surface area contributed by atoms with E-state index in [0.29, 0.717) is 0 Å². The maximum Gasteiger partial charge on any atom is 0.302 e. The van der Waals surface area contributed by atoms with Crippen molar-refractivity contribution in [2.75, 3.05) is 18.5 Å². The molecule has 0 aliphatic carbocycles. The highest BCUT2D eigenvalue weighted by atomic mass is 35.5. The number of hydrogen-bond donors (Lipinski definition) is 1. The Balaban J connectivity index is 1.36. The van der Waals surface area contributed by atoms with Gasteiger partial charge in [0, 0.05) is 13.8 Å². The first kappa shape index (κ1) is 35.6. The lowest BCUT2D eigenvalue weighted by molar-refractivity contribution is -0.318. The molecule has 1 amide bonds. The molecular weight excluding hydrogens is 690 g/mol. The number of imidazole rings is 1. The van der Waals surface area contributed by atoms with Crippen LogP contribution >= 0.6 is 11.6 Å². The van der Waals surface area contributed by atoms with Gasteiger partial charge in [-0.3, -0.25) is 19.5 Å². The van der Waals surface area contributed by atoms with Crippen LogP contribution in [0.3, 0.4) is 0 Å². The molecule has 52 heavy (non-hydrogen) atoms. The Hall–Kier alpha value is -4.76. The number of esters is 1. The Morgan fingerprint density at radius 1 is 0.885 bits per heavy atom. The standard InChI is InChI=1S/C38H38ClN5O8/c1-24(45)41-37-42-34(39)31-35(43-37)44(23-40-31)36-33-38(51-20-28-16-10-5-11-17-28,30(22-50-33)48-18-26-12-6-3-7-13-26)32(29(52-36)21-47-25(2)46)49-19-27-14-8-4-9-15-27/h3-17,23,29-30,32-33,36H,18-22H2,1-2H3,(H,41,42,43,45)/t29-,30+,32-,33+,36-,38+/m1/s1. The van der Waals surface area contributed by atoms with Gasteiger partial charge in [-0.1, -0.05) is 103 Å². The fourth-order valence-electron chi connectivity index (χ4n) is 6.70. The molecule has 1 N–H and O–H groups in total. The molecule has 2 aromatic heterocycles. The minimum atomic E-state index is -1.35. The molecule has 5 aromatic rings. The zero-order valence-electron chi connectivity index (χ0n) is 28.6. The lowest BCUT2D eigenvalue weighted by Crippen LogP contribution is -2.69. The van der Waals surface area contributed by atoms with Crippen LogP contribution in [0.2, 0.25) is 5.15 Å². The van der Waals surface area contributed by atoms with E-state index in [9.17, 15) is 9.59 Å². The van der Waals surface area contributed by atoms with Gasteiger partial charge >= 0.3 is 5.97 Å². The summed E-state index contributed by atoms with van der Waals surface area (Å²) in [5.41, 5.74) is 2.01. The van der Waals surface area contributed by atoms with Gasteiger partial charge in [0.15, 0.2) is 22.6 Å². The SMILES string of the molecule is CC(=O)Nc1nc(Cl)c2ncn([C@@H]3O[C@H](COC(C)=O)[C@@H](OCc4ccccc4)[C@@]4(OCc5ccccc5)[C@@H](OCc5ccccc5)CO[C@@H]34)c2n1. The Bertz CT molecular complexity index is 1990. The second kappa shape index (κ2) is 15.9. The second-order valence-electron chi connectivity index (χ2n) is 12.6. The number of ether oxygens (including phenoxy) is 6. The van der Waals surface area contributed by atoms with Gasteiger partial charge in [0.1, 0.15) is 36.5 Å². The Labute approximate surface area is 305 Å². The van der Waals surface area contributed by atoms with E-state index in [0.717, 1.165) is 16.7 Å². The van der Waals surface area contributed by atoms with E-state index < -0.39 is 42.2 Å². The second-order valence-corrected chi connectivity index (χ2v) is 13.0. The van der Waals surface area contributed by atoms with Crippen molar-refractivity contribution < 1.29 is 38.0 Å². The summed E-state index contributed by atoms with van der Waals surface area (Å²) >= 11 is 6.54.